The van der Waals surface area contributed by atoms with E-state index >= 15 is 0 Å². The molecule has 0 aromatic heterocycles. The van der Waals surface area contributed by atoms with Crippen LogP contribution in [-0.4, -0.2) is 26.4 Å². The normalized spacial score (nSPS) is 22.1. The van der Waals surface area contributed by atoms with Gasteiger partial charge < -0.3 is 0 Å². The van der Waals surface area contributed by atoms with E-state index in [0.29, 0.717) is 0 Å². The van der Waals surface area contributed by atoms with Crippen molar-refractivity contribution in [3.8, 4) is 0 Å². The first-order valence-electron chi connectivity index (χ1n) is 3.16. The highest BCUT2D eigenvalue weighted by molar-refractivity contribution is 7.48. The Hall–Kier alpha value is -0.140. The number of ether oxygens (including phenoxy) is 1. The number of hydrogen-bond acceptors (Lipinski definition) is 5. The van der Waals surface area contributed by atoms with Gasteiger partial charge in [-0.2, -0.15) is 0 Å². The molecule has 0 radical (unpaired) electrons. The molecule has 0 amide bonds. The Morgan fingerprint density at radius 3 is 2.31 bits per heavy atom. The molecule has 78 valence electrons. The van der Waals surface area contributed by atoms with Gasteiger partial charge in [0.15, 0.2) is 6.79 Å². The summed E-state index contributed by atoms with van der Waals surface area (Å²) >= 11 is 0. The molecule has 1 fully saturated rings. The molecule has 1 heterocycles. The van der Waals surface area contributed by atoms with E-state index in [9.17, 15) is 17.7 Å². The Bertz CT molecular complexity index is 206. The summed E-state index contributed by atoms with van der Waals surface area (Å²) in [5.74, 6) is 0. The van der Waals surface area contributed by atoms with Crippen LogP contribution >= 0.6 is 7.82 Å². The lowest BCUT2D eigenvalue weighted by Gasteiger charge is -2.10. The minimum Gasteiger partial charge on any atom is -0.284 e. The highest BCUT2D eigenvalue weighted by Crippen LogP contribution is 2.52. The van der Waals surface area contributed by atoms with E-state index in [0.717, 1.165) is 0 Å². The number of hydrogen-bond donors (Lipinski definition) is 0. The summed E-state index contributed by atoms with van der Waals surface area (Å²) in [5, 5.41) is 0. The van der Waals surface area contributed by atoms with Crippen LogP contribution in [0.2, 0.25) is 0 Å². The van der Waals surface area contributed by atoms with Gasteiger partial charge in [0.1, 0.15) is 0 Å². The van der Waals surface area contributed by atoms with Gasteiger partial charge in [0.25, 0.3) is 0 Å². The zero-order valence-corrected chi connectivity index (χ0v) is 7.14. The largest absolute Gasteiger partial charge is 0.524 e. The molecule has 0 bridgehead atoms. The first kappa shape index (κ1) is 10.9. The second kappa shape index (κ2) is 3.93. The fourth-order valence-electron chi connectivity index (χ4n) is 0.568. The molecule has 1 saturated heterocycles. The van der Waals surface area contributed by atoms with E-state index in [-0.39, 0.29) is 13.2 Å². The molecule has 1 aliphatic heterocycles. The van der Waals surface area contributed by atoms with E-state index in [1.807, 2.05) is 0 Å². The van der Waals surface area contributed by atoms with E-state index < -0.39 is 21.0 Å². The lowest BCUT2D eigenvalue weighted by atomic mass is 10.8. The number of rotatable bonds is 3. The molecule has 0 aromatic carbocycles. The maximum atomic E-state index is 11.4. The van der Waals surface area contributed by atoms with E-state index in [4.69, 9.17) is 0 Å². The molecular weight excluding hydrogens is 216 g/mol. The Morgan fingerprint density at radius 1 is 1.31 bits per heavy atom. The van der Waals surface area contributed by atoms with Crippen LogP contribution in [0.3, 0.4) is 0 Å². The standard InChI is InChI=1S/C4H6F3O5P/c5-4(6,7)9-3-12-13(8)10-1-2-11-13/h1-3H2. The predicted molar refractivity (Wildman–Crippen MR) is 32.6 cm³/mol. The van der Waals surface area contributed by atoms with Crippen LogP contribution in [0.25, 0.3) is 0 Å². The van der Waals surface area contributed by atoms with Gasteiger partial charge in [-0.25, -0.2) is 4.57 Å². The van der Waals surface area contributed by atoms with Gasteiger partial charge >= 0.3 is 14.2 Å². The molecule has 1 rings (SSSR count). The van der Waals surface area contributed by atoms with Crippen molar-refractivity contribution in [3.05, 3.63) is 0 Å². The molecule has 0 saturated carbocycles. The molecule has 0 aromatic rings. The first-order valence-corrected chi connectivity index (χ1v) is 4.62. The maximum Gasteiger partial charge on any atom is 0.524 e. The molecule has 0 spiro atoms. The SMILES string of the molecule is O=P1(OCOC(F)(F)F)OCCO1. The quantitative estimate of drug-likeness (QED) is 0.536. The molecule has 9 heteroatoms. The van der Waals surface area contributed by atoms with Gasteiger partial charge in [-0.15, -0.1) is 13.2 Å². The van der Waals surface area contributed by atoms with Gasteiger partial charge in [-0.05, 0) is 0 Å². The fourth-order valence-corrected chi connectivity index (χ4v) is 1.57. The van der Waals surface area contributed by atoms with E-state index in [2.05, 4.69) is 18.3 Å². The second-order valence-corrected chi connectivity index (χ2v) is 3.62. The first-order chi connectivity index (χ1) is 5.91. The smallest absolute Gasteiger partial charge is 0.284 e. The van der Waals surface area contributed by atoms with Gasteiger partial charge in [-0.3, -0.25) is 18.3 Å². The van der Waals surface area contributed by atoms with Crippen molar-refractivity contribution in [1.82, 2.24) is 0 Å². The monoisotopic (exact) mass is 222 g/mol. The van der Waals surface area contributed by atoms with Crippen LogP contribution in [0.5, 0.6) is 0 Å². The van der Waals surface area contributed by atoms with Crippen molar-refractivity contribution in [2.24, 2.45) is 0 Å². The molecule has 5 nitrogen and oxygen atoms in total. The lowest BCUT2D eigenvalue weighted by Crippen LogP contribution is -2.15. The van der Waals surface area contributed by atoms with Gasteiger partial charge in [0.2, 0.25) is 0 Å². The zero-order chi connectivity index (χ0) is 9.95. The Labute approximate surface area is 71.3 Å². The number of phosphoric acid groups is 1. The topological polar surface area (TPSA) is 54.0 Å². The van der Waals surface area contributed by atoms with Gasteiger partial charge in [0.05, 0.1) is 13.2 Å². The number of halogens is 3. The van der Waals surface area contributed by atoms with Gasteiger partial charge in [-0.1, -0.05) is 0 Å². The third kappa shape index (κ3) is 4.06. The zero-order valence-electron chi connectivity index (χ0n) is 6.24. The Balaban J connectivity index is 2.23. The summed E-state index contributed by atoms with van der Waals surface area (Å²) in [7, 11) is -3.78. The Morgan fingerprint density at radius 2 is 1.85 bits per heavy atom. The number of alkyl halides is 3. The average molecular weight is 222 g/mol. The third-order valence-corrected chi connectivity index (χ3v) is 2.43. The molecule has 13 heavy (non-hydrogen) atoms. The molecule has 0 aliphatic carbocycles. The van der Waals surface area contributed by atoms with Crippen LogP contribution in [0.1, 0.15) is 0 Å². The van der Waals surface area contributed by atoms with Crippen molar-refractivity contribution in [2.45, 2.75) is 6.36 Å². The highest BCUT2D eigenvalue weighted by Gasteiger charge is 2.35. The van der Waals surface area contributed by atoms with E-state index in [1.54, 1.807) is 0 Å². The van der Waals surface area contributed by atoms with E-state index in [1.165, 1.54) is 0 Å². The summed E-state index contributed by atoms with van der Waals surface area (Å²) in [6, 6.07) is 0. The summed E-state index contributed by atoms with van der Waals surface area (Å²) < 4.78 is 61.3. The molecule has 0 atom stereocenters. The van der Waals surface area contributed by atoms with Crippen LogP contribution in [0.15, 0.2) is 0 Å². The van der Waals surface area contributed by atoms with Crippen molar-refractivity contribution >= 4 is 7.82 Å². The predicted octanol–water partition coefficient (Wildman–Crippen LogP) is 1.65. The molecule has 0 N–H and O–H groups in total. The van der Waals surface area contributed by atoms with Crippen LogP contribution < -0.4 is 0 Å². The fraction of sp³-hybridized carbons (Fsp3) is 1.00. The minimum atomic E-state index is -4.82. The van der Waals surface area contributed by atoms with Crippen molar-refractivity contribution in [1.29, 1.82) is 0 Å². The average Bonchev–Trinajstić information content (AvgIpc) is 2.33. The number of phosphoric ester groups is 1. The molecular formula is C4H6F3O5P. The van der Waals surface area contributed by atoms with Crippen molar-refractivity contribution < 1.29 is 36.0 Å². The van der Waals surface area contributed by atoms with Crippen LogP contribution in [-0.2, 0) is 22.9 Å². The highest BCUT2D eigenvalue weighted by atomic mass is 31.2. The summed E-state index contributed by atoms with van der Waals surface area (Å²) in [6.45, 7) is -1.15. The Kier molecular flexibility index (Phi) is 3.31. The molecule has 1 aliphatic rings. The second-order valence-electron chi connectivity index (χ2n) is 1.95. The van der Waals surface area contributed by atoms with Crippen molar-refractivity contribution in [3.63, 3.8) is 0 Å². The summed E-state index contributed by atoms with van der Waals surface area (Å²) in [4.78, 5) is 0. The third-order valence-electron chi connectivity index (χ3n) is 1.02. The molecule has 0 unspecified atom stereocenters. The van der Waals surface area contributed by atoms with Crippen LogP contribution in [0, 0.1) is 0 Å². The minimum absolute atomic E-state index is 0.0310. The summed E-state index contributed by atoms with van der Waals surface area (Å²) in [5.41, 5.74) is 0. The maximum absolute atomic E-state index is 11.4. The van der Waals surface area contributed by atoms with Crippen molar-refractivity contribution in [2.75, 3.05) is 20.0 Å². The van der Waals surface area contributed by atoms with Gasteiger partial charge in [0, 0.05) is 0 Å². The van der Waals surface area contributed by atoms with Crippen LogP contribution in [0.4, 0.5) is 13.2 Å². The lowest BCUT2D eigenvalue weighted by molar-refractivity contribution is -0.342. The summed E-state index contributed by atoms with van der Waals surface area (Å²) in [6.07, 6.45) is -4.82.